The van der Waals surface area contributed by atoms with Crippen molar-refractivity contribution in [2.24, 2.45) is 0 Å². The smallest absolute Gasteiger partial charge is 0.321 e. The fraction of sp³-hybridized carbons (Fsp3) is 0.286. The number of aryl methyl sites for hydroxylation is 1. The van der Waals surface area contributed by atoms with Gasteiger partial charge in [0.1, 0.15) is 5.75 Å². The molecule has 0 aliphatic heterocycles. The maximum absolute atomic E-state index is 5.96. The molecule has 0 fully saturated rings. The van der Waals surface area contributed by atoms with Gasteiger partial charge in [0.05, 0.1) is 0 Å². The minimum absolute atomic E-state index is 0.335. The zero-order valence-electron chi connectivity index (χ0n) is 11.0. The van der Waals surface area contributed by atoms with Crippen molar-refractivity contribution in [2.75, 3.05) is 6.54 Å². The molecular weight excluding hydrogens is 262 g/mol. The van der Waals surface area contributed by atoms with Gasteiger partial charge in [0, 0.05) is 29.5 Å². The minimum Gasteiger partial charge on any atom is -0.424 e. The van der Waals surface area contributed by atoms with Crippen LogP contribution in [0.3, 0.4) is 0 Å². The summed E-state index contributed by atoms with van der Waals surface area (Å²) in [7, 11) is 0. The van der Waals surface area contributed by atoms with Gasteiger partial charge in [-0.2, -0.15) is 0 Å². The first-order chi connectivity index (χ1) is 9.19. The lowest BCUT2D eigenvalue weighted by atomic mass is 10.2. The van der Waals surface area contributed by atoms with Gasteiger partial charge < -0.3 is 10.1 Å². The van der Waals surface area contributed by atoms with Gasteiger partial charge in [-0.05, 0) is 37.2 Å². The number of aromatic nitrogens is 2. The SMILES string of the molecule is CCNCc1cnc(Oc2ccc(Cl)c(C)c2)nc1. The Bertz CT molecular complexity index is 543. The number of rotatable bonds is 5. The Labute approximate surface area is 117 Å². The largest absolute Gasteiger partial charge is 0.424 e. The topological polar surface area (TPSA) is 47.0 Å². The molecule has 1 heterocycles. The lowest BCUT2D eigenvalue weighted by Crippen LogP contribution is -2.12. The highest BCUT2D eigenvalue weighted by molar-refractivity contribution is 6.31. The van der Waals surface area contributed by atoms with Gasteiger partial charge in [-0.3, -0.25) is 0 Å². The normalized spacial score (nSPS) is 10.5. The molecule has 5 heteroatoms. The Morgan fingerprint density at radius 3 is 2.63 bits per heavy atom. The van der Waals surface area contributed by atoms with E-state index in [2.05, 4.69) is 22.2 Å². The van der Waals surface area contributed by atoms with Crippen LogP contribution in [0.25, 0.3) is 0 Å². The van der Waals surface area contributed by atoms with Crippen LogP contribution in [-0.2, 0) is 6.54 Å². The van der Waals surface area contributed by atoms with Crippen molar-refractivity contribution in [3.63, 3.8) is 0 Å². The molecule has 0 aliphatic rings. The first kappa shape index (κ1) is 13.8. The van der Waals surface area contributed by atoms with Gasteiger partial charge in [-0.1, -0.05) is 18.5 Å². The first-order valence-corrected chi connectivity index (χ1v) is 6.52. The Balaban J connectivity index is 2.04. The second kappa shape index (κ2) is 6.50. The molecule has 100 valence electrons. The van der Waals surface area contributed by atoms with Gasteiger partial charge >= 0.3 is 6.01 Å². The van der Waals surface area contributed by atoms with Gasteiger partial charge in [-0.15, -0.1) is 0 Å². The molecule has 1 aromatic carbocycles. The van der Waals surface area contributed by atoms with Gasteiger partial charge in [0.15, 0.2) is 0 Å². The van der Waals surface area contributed by atoms with E-state index in [0.717, 1.165) is 24.2 Å². The van der Waals surface area contributed by atoms with E-state index in [-0.39, 0.29) is 0 Å². The molecule has 19 heavy (non-hydrogen) atoms. The van der Waals surface area contributed by atoms with Crippen molar-refractivity contribution >= 4 is 11.6 Å². The molecule has 0 spiro atoms. The summed E-state index contributed by atoms with van der Waals surface area (Å²) in [5, 5.41) is 3.93. The number of nitrogens with one attached hydrogen (secondary N) is 1. The van der Waals surface area contributed by atoms with E-state index in [4.69, 9.17) is 16.3 Å². The molecule has 0 saturated heterocycles. The van der Waals surface area contributed by atoms with Crippen molar-refractivity contribution in [1.29, 1.82) is 0 Å². The molecule has 0 bridgehead atoms. The number of hydrogen-bond donors (Lipinski definition) is 1. The number of ether oxygens (including phenoxy) is 1. The van der Waals surface area contributed by atoms with Crippen molar-refractivity contribution < 1.29 is 4.74 Å². The summed E-state index contributed by atoms with van der Waals surface area (Å²) >= 11 is 5.96. The second-order valence-electron chi connectivity index (χ2n) is 4.17. The van der Waals surface area contributed by atoms with E-state index < -0.39 is 0 Å². The zero-order valence-corrected chi connectivity index (χ0v) is 11.7. The molecule has 0 amide bonds. The summed E-state index contributed by atoms with van der Waals surface area (Å²) in [5.41, 5.74) is 1.99. The van der Waals surface area contributed by atoms with Gasteiger partial charge in [0.2, 0.25) is 0 Å². The van der Waals surface area contributed by atoms with Gasteiger partial charge in [-0.25, -0.2) is 9.97 Å². The maximum atomic E-state index is 5.96. The molecule has 0 unspecified atom stereocenters. The third-order valence-corrected chi connectivity index (χ3v) is 3.02. The van der Waals surface area contributed by atoms with E-state index in [0.29, 0.717) is 16.8 Å². The highest BCUT2D eigenvalue weighted by Crippen LogP contribution is 2.23. The molecule has 0 radical (unpaired) electrons. The molecule has 4 nitrogen and oxygen atoms in total. The number of hydrogen-bond acceptors (Lipinski definition) is 4. The number of nitrogens with zero attached hydrogens (tertiary/aromatic N) is 2. The summed E-state index contributed by atoms with van der Waals surface area (Å²) in [6.07, 6.45) is 3.52. The van der Waals surface area contributed by atoms with E-state index in [1.807, 2.05) is 13.0 Å². The van der Waals surface area contributed by atoms with Crippen LogP contribution in [0.5, 0.6) is 11.8 Å². The van der Waals surface area contributed by atoms with Crippen LogP contribution in [0.4, 0.5) is 0 Å². The van der Waals surface area contributed by atoms with E-state index in [1.54, 1.807) is 24.5 Å². The molecule has 2 rings (SSSR count). The summed E-state index contributed by atoms with van der Waals surface area (Å²) in [6, 6.07) is 5.79. The monoisotopic (exact) mass is 277 g/mol. The molecule has 2 aromatic rings. The summed E-state index contributed by atoms with van der Waals surface area (Å²) in [5.74, 6) is 0.682. The van der Waals surface area contributed by atoms with Crippen LogP contribution in [0, 0.1) is 6.92 Å². The van der Waals surface area contributed by atoms with Gasteiger partial charge in [0.25, 0.3) is 0 Å². The molecule has 0 atom stereocenters. The number of halogens is 1. The van der Waals surface area contributed by atoms with Crippen molar-refractivity contribution in [3.8, 4) is 11.8 Å². The lowest BCUT2D eigenvalue weighted by molar-refractivity contribution is 0.440. The van der Waals surface area contributed by atoms with Crippen LogP contribution >= 0.6 is 11.6 Å². The van der Waals surface area contributed by atoms with Crippen LogP contribution in [0.1, 0.15) is 18.1 Å². The summed E-state index contributed by atoms with van der Waals surface area (Å²) in [4.78, 5) is 8.35. The maximum Gasteiger partial charge on any atom is 0.321 e. The molecule has 1 aromatic heterocycles. The Kier molecular flexibility index (Phi) is 4.71. The molecule has 1 N–H and O–H groups in total. The zero-order chi connectivity index (χ0) is 13.7. The van der Waals surface area contributed by atoms with Crippen LogP contribution in [-0.4, -0.2) is 16.5 Å². The first-order valence-electron chi connectivity index (χ1n) is 6.14. The molecule has 0 aliphatic carbocycles. The van der Waals surface area contributed by atoms with Crippen LogP contribution in [0.15, 0.2) is 30.6 Å². The molecule has 0 saturated carbocycles. The Morgan fingerprint density at radius 2 is 2.00 bits per heavy atom. The Hall–Kier alpha value is -1.65. The fourth-order valence-corrected chi connectivity index (χ4v) is 1.66. The predicted molar refractivity (Wildman–Crippen MR) is 75.7 cm³/mol. The van der Waals surface area contributed by atoms with Crippen LogP contribution in [0.2, 0.25) is 5.02 Å². The summed E-state index contributed by atoms with van der Waals surface area (Å²) < 4.78 is 5.57. The second-order valence-corrected chi connectivity index (χ2v) is 4.57. The van der Waals surface area contributed by atoms with Crippen molar-refractivity contribution in [3.05, 3.63) is 46.7 Å². The third-order valence-electron chi connectivity index (χ3n) is 2.60. The standard InChI is InChI=1S/C14H16ClN3O/c1-3-16-7-11-8-17-14(18-9-11)19-12-4-5-13(15)10(2)6-12/h4-6,8-9,16H,3,7H2,1-2H3. The van der Waals surface area contributed by atoms with Crippen LogP contribution < -0.4 is 10.1 Å². The van der Waals surface area contributed by atoms with E-state index in [1.165, 1.54) is 0 Å². The highest BCUT2D eigenvalue weighted by Gasteiger charge is 2.03. The average molecular weight is 278 g/mol. The van der Waals surface area contributed by atoms with E-state index >= 15 is 0 Å². The number of benzene rings is 1. The van der Waals surface area contributed by atoms with E-state index in [9.17, 15) is 0 Å². The lowest BCUT2D eigenvalue weighted by Gasteiger charge is -2.06. The quantitative estimate of drug-likeness (QED) is 0.910. The fourth-order valence-electron chi connectivity index (χ4n) is 1.54. The van der Waals surface area contributed by atoms with Crippen molar-refractivity contribution in [1.82, 2.24) is 15.3 Å². The Morgan fingerprint density at radius 1 is 1.26 bits per heavy atom. The summed E-state index contributed by atoms with van der Waals surface area (Å²) in [6.45, 7) is 5.66. The molecular formula is C14H16ClN3O. The average Bonchev–Trinajstić information content (AvgIpc) is 2.42. The van der Waals surface area contributed by atoms with Crippen molar-refractivity contribution in [2.45, 2.75) is 20.4 Å². The highest BCUT2D eigenvalue weighted by atomic mass is 35.5. The predicted octanol–water partition coefficient (Wildman–Crippen LogP) is 3.34. The minimum atomic E-state index is 0.335. The third kappa shape index (κ3) is 3.91.